The fourth-order valence-corrected chi connectivity index (χ4v) is 4.36. The van der Waals surface area contributed by atoms with Crippen LogP contribution < -0.4 is 14.4 Å². The predicted molar refractivity (Wildman–Crippen MR) is 127 cm³/mol. The minimum atomic E-state index is -0.164. The molecule has 0 saturated carbocycles. The first-order valence-electron chi connectivity index (χ1n) is 10.3. The summed E-state index contributed by atoms with van der Waals surface area (Å²) in [6, 6.07) is 12.8. The molecule has 166 valence electrons. The molecule has 0 radical (unpaired) electrons. The van der Waals surface area contributed by atoms with Crippen molar-refractivity contribution in [3.63, 3.8) is 0 Å². The van der Waals surface area contributed by atoms with Gasteiger partial charge in [-0.25, -0.2) is 9.97 Å². The zero-order valence-electron chi connectivity index (χ0n) is 17.6. The zero-order valence-corrected chi connectivity index (χ0v) is 19.2. The minimum absolute atomic E-state index is 0.0963. The van der Waals surface area contributed by atoms with Crippen LogP contribution in [0.15, 0.2) is 61.2 Å². The monoisotopic (exact) mass is 470 g/mol. The molecule has 0 aliphatic carbocycles. The third-order valence-corrected chi connectivity index (χ3v) is 6.03. The van der Waals surface area contributed by atoms with Crippen LogP contribution in [0.5, 0.6) is 11.5 Å². The van der Waals surface area contributed by atoms with Gasteiger partial charge in [0.2, 0.25) is 0 Å². The normalized spacial score (nSPS) is 10.9. The summed E-state index contributed by atoms with van der Waals surface area (Å²) in [4.78, 5) is 23.7. The molecular formula is C23H23ClN4O3S. The van der Waals surface area contributed by atoms with Gasteiger partial charge in [0.25, 0.3) is 5.91 Å². The van der Waals surface area contributed by atoms with E-state index in [1.54, 1.807) is 41.7 Å². The Bertz CT molecular complexity index is 1160. The summed E-state index contributed by atoms with van der Waals surface area (Å²) in [7, 11) is 0. The van der Waals surface area contributed by atoms with E-state index in [0.29, 0.717) is 29.1 Å². The van der Waals surface area contributed by atoms with Gasteiger partial charge < -0.3 is 14.0 Å². The van der Waals surface area contributed by atoms with Crippen LogP contribution in [0, 0.1) is 0 Å². The van der Waals surface area contributed by atoms with Crippen molar-refractivity contribution in [2.75, 3.05) is 24.7 Å². The number of amides is 1. The van der Waals surface area contributed by atoms with Crippen molar-refractivity contribution in [2.24, 2.45) is 0 Å². The highest BCUT2D eigenvalue weighted by molar-refractivity contribution is 7.22. The highest BCUT2D eigenvalue weighted by atomic mass is 35.5. The molecule has 1 amide bonds. The second kappa shape index (κ2) is 10.5. The van der Waals surface area contributed by atoms with Crippen LogP contribution in [0.1, 0.15) is 13.3 Å². The van der Waals surface area contributed by atoms with Gasteiger partial charge in [-0.05, 0) is 49.7 Å². The highest BCUT2D eigenvalue weighted by Crippen LogP contribution is 2.34. The van der Waals surface area contributed by atoms with Gasteiger partial charge in [-0.2, -0.15) is 0 Å². The van der Waals surface area contributed by atoms with Gasteiger partial charge in [0.1, 0.15) is 17.0 Å². The Hall–Kier alpha value is -3.10. The molecule has 0 aliphatic rings. The Balaban J connectivity index is 1.53. The van der Waals surface area contributed by atoms with E-state index >= 15 is 0 Å². The Morgan fingerprint density at radius 3 is 2.78 bits per heavy atom. The Morgan fingerprint density at radius 1 is 1.19 bits per heavy atom. The molecule has 0 saturated heterocycles. The van der Waals surface area contributed by atoms with Crippen LogP contribution in [0.25, 0.3) is 10.2 Å². The number of carbonyl (C=O) groups is 1. The maximum atomic E-state index is 13.2. The standard InChI is InChI=1S/C23H23ClN4O3S/c1-2-30-19-5-3-6-20-22(19)26-23(32-20)28(13-4-12-27-14-11-25-16-27)21(29)15-31-18-9-7-17(24)8-10-18/h3,5-11,14,16H,2,4,12-13,15H2,1H3. The fraction of sp³-hybridized carbons (Fsp3) is 0.261. The number of aryl methyl sites for hydroxylation is 1. The summed E-state index contributed by atoms with van der Waals surface area (Å²) < 4.78 is 14.4. The highest BCUT2D eigenvalue weighted by Gasteiger charge is 2.21. The van der Waals surface area contributed by atoms with Crippen molar-refractivity contribution >= 4 is 44.2 Å². The number of thiazole rings is 1. The van der Waals surface area contributed by atoms with Crippen LogP contribution in [-0.2, 0) is 11.3 Å². The quantitative estimate of drug-likeness (QED) is 0.324. The third-order valence-electron chi connectivity index (χ3n) is 4.74. The lowest BCUT2D eigenvalue weighted by molar-refractivity contribution is -0.120. The molecule has 32 heavy (non-hydrogen) atoms. The molecule has 0 bridgehead atoms. The molecule has 0 atom stereocenters. The number of anilines is 1. The van der Waals surface area contributed by atoms with Crippen molar-refractivity contribution in [2.45, 2.75) is 19.9 Å². The number of hydrogen-bond acceptors (Lipinski definition) is 6. The summed E-state index contributed by atoms with van der Waals surface area (Å²) in [6.45, 7) is 3.64. The molecule has 0 fully saturated rings. The van der Waals surface area contributed by atoms with E-state index in [0.717, 1.165) is 28.9 Å². The van der Waals surface area contributed by atoms with E-state index in [-0.39, 0.29) is 12.5 Å². The third kappa shape index (κ3) is 5.38. The molecule has 2 aromatic carbocycles. The van der Waals surface area contributed by atoms with E-state index in [4.69, 9.17) is 26.1 Å². The van der Waals surface area contributed by atoms with Crippen LogP contribution in [0.3, 0.4) is 0 Å². The van der Waals surface area contributed by atoms with Crippen LogP contribution in [-0.4, -0.2) is 40.2 Å². The Morgan fingerprint density at radius 2 is 2.03 bits per heavy atom. The largest absolute Gasteiger partial charge is 0.492 e. The number of rotatable bonds is 10. The second-order valence-electron chi connectivity index (χ2n) is 6.97. The van der Waals surface area contributed by atoms with Crippen molar-refractivity contribution in [3.8, 4) is 11.5 Å². The van der Waals surface area contributed by atoms with Gasteiger partial charge in [-0.15, -0.1) is 0 Å². The summed E-state index contributed by atoms with van der Waals surface area (Å²) >= 11 is 7.39. The molecule has 9 heteroatoms. The van der Waals surface area contributed by atoms with E-state index < -0.39 is 0 Å². The summed E-state index contributed by atoms with van der Waals surface area (Å²) in [5.74, 6) is 1.14. The molecule has 4 rings (SSSR count). The van der Waals surface area contributed by atoms with E-state index in [1.807, 2.05) is 35.9 Å². The lowest BCUT2D eigenvalue weighted by Gasteiger charge is -2.20. The molecule has 0 aliphatic heterocycles. The first-order chi connectivity index (χ1) is 15.6. The van der Waals surface area contributed by atoms with Gasteiger partial charge in [0.05, 0.1) is 17.6 Å². The predicted octanol–water partition coefficient (Wildman–Crippen LogP) is 5.05. The number of hydrogen-bond donors (Lipinski definition) is 0. The van der Waals surface area contributed by atoms with Crippen molar-refractivity contribution in [1.82, 2.24) is 14.5 Å². The number of para-hydroxylation sites is 1. The van der Waals surface area contributed by atoms with Crippen LogP contribution >= 0.6 is 22.9 Å². The van der Waals surface area contributed by atoms with Crippen LogP contribution in [0.2, 0.25) is 5.02 Å². The number of halogens is 1. The zero-order chi connectivity index (χ0) is 22.3. The van der Waals surface area contributed by atoms with Gasteiger partial charge >= 0.3 is 0 Å². The molecule has 0 unspecified atom stereocenters. The number of carbonyl (C=O) groups excluding carboxylic acids is 1. The fourth-order valence-electron chi connectivity index (χ4n) is 3.21. The molecule has 7 nitrogen and oxygen atoms in total. The van der Waals surface area contributed by atoms with E-state index in [2.05, 4.69) is 4.98 Å². The number of imidazole rings is 1. The number of aromatic nitrogens is 3. The minimum Gasteiger partial charge on any atom is -0.492 e. The van der Waals surface area contributed by atoms with Gasteiger partial charge in [0.15, 0.2) is 11.7 Å². The van der Waals surface area contributed by atoms with Crippen LogP contribution in [0.4, 0.5) is 5.13 Å². The van der Waals surface area contributed by atoms with Gasteiger partial charge in [-0.1, -0.05) is 29.0 Å². The maximum absolute atomic E-state index is 13.2. The number of benzene rings is 2. The van der Waals surface area contributed by atoms with E-state index in [1.165, 1.54) is 11.3 Å². The smallest absolute Gasteiger partial charge is 0.266 e. The lowest BCUT2D eigenvalue weighted by Crippen LogP contribution is -2.36. The van der Waals surface area contributed by atoms with Crippen molar-refractivity contribution in [3.05, 3.63) is 66.2 Å². The Kier molecular flexibility index (Phi) is 7.24. The summed E-state index contributed by atoms with van der Waals surface area (Å²) in [5, 5.41) is 1.24. The number of fused-ring (bicyclic) bond motifs is 1. The number of nitrogens with zero attached hydrogens (tertiary/aromatic N) is 4. The summed E-state index contributed by atoms with van der Waals surface area (Å²) in [6.07, 6.45) is 6.16. The molecule has 0 spiro atoms. The van der Waals surface area contributed by atoms with Crippen molar-refractivity contribution in [1.29, 1.82) is 0 Å². The number of ether oxygens (including phenoxy) is 2. The molecule has 2 aromatic heterocycles. The average Bonchev–Trinajstić information content (AvgIpc) is 3.47. The molecule has 4 aromatic rings. The first kappa shape index (κ1) is 22.1. The van der Waals surface area contributed by atoms with Gasteiger partial charge in [0, 0.05) is 30.5 Å². The topological polar surface area (TPSA) is 69.5 Å². The maximum Gasteiger partial charge on any atom is 0.266 e. The molecule has 2 heterocycles. The SMILES string of the molecule is CCOc1cccc2sc(N(CCCn3ccnc3)C(=O)COc3ccc(Cl)cc3)nc12. The average molecular weight is 471 g/mol. The van der Waals surface area contributed by atoms with Gasteiger partial charge in [-0.3, -0.25) is 9.69 Å². The van der Waals surface area contributed by atoms with E-state index in [9.17, 15) is 4.79 Å². The molecule has 0 N–H and O–H groups in total. The first-order valence-corrected chi connectivity index (χ1v) is 11.5. The lowest BCUT2D eigenvalue weighted by atomic mass is 10.3. The second-order valence-corrected chi connectivity index (χ2v) is 8.42. The molecular weight excluding hydrogens is 448 g/mol. The van der Waals surface area contributed by atoms with Crippen molar-refractivity contribution < 1.29 is 14.3 Å². The summed E-state index contributed by atoms with van der Waals surface area (Å²) in [5.41, 5.74) is 0.764. The Labute approximate surface area is 195 Å².